The summed E-state index contributed by atoms with van der Waals surface area (Å²) in [5, 5.41) is 12.3. The lowest BCUT2D eigenvalue weighted by atomic mass is 9.86. The number of hydrogen-bond donors (Lipinski definition) is 1. The molecule has 5 rings (SSSR count). The van der Waals surface area contributed by atoms with Gasteiger partial charge in [-0.05, 0) is 108 Å². The van der Waals surface area contributed by atoms with Crippen molar-refractivity contribution >= 4 is 10.8 Å². The Hall–Kier alpha value is -3.50. The summed E-state index contributed by atoms with van der Waals surface area (Å²) >= 11 is 0. The average molecular weight is 510 g/mol. The molecule has 0 aliphatic heterocycles. The molecular formula is C34H39NO3. The third-order valence-electron chi connectivity index (χ3n) is 7.17. The van der Waals surface area contributed by atoms with Gasteiger partial charge in [0.15, 0.2) is 0 Å². The van der Waals surface area contributed by atoms with Gasteiger partial charge in [0.2, 0.25) is 0 Å². The zero-order valence-corrected chi connectivity index (χ0v) is 23.2. The SMILES string of the molecule is CC(C)CN(C)CCCOc1ccc(C2c3cc(OC(C)C)ccc3-c3ccc4cc(O)ccc4c32)cc1. The Morgan fingerprint density at radius 2 is 1.58 bits per heavy atom. The molecule has 0 radical (unpaired) electrons. The van der Waals surface area contributed by atoms with E-state index in [4.69, 9.17) is 9.47 Å². The largest absolute Gasteiger partial charge is 0.508 e. The second kappa shape index (κ2) is 11.1. The summed E-state index contributed by atoms with van der Waals surface area (Å²) < 4.78 is 12.2. The molecule has 0 saturated carbocycles. The molecule has 0 bridgehead atoms. The van der Waals surface area contributed by atoms with E-state index in [2.05, 4.69) is 94.2 Å². The first kappa shape index (κ1) is 26.1. The first-order chi connectivity index (χ1) is 18.3. The number of benzene rings is 4. The second-order valence-electron chi connectivity index (χ2n) is 11.2. The molecule has 4 aromatic rings. The third kappa shape index (κ3) is 5.51. The van der Waals surface area contributed by atoms with E-state index in [0.29, 0.717) is 12.5 Å². The molecule has 4 aromatic carbocycles. The number of fused-ring (bicyclic) bond motifs is 5. The quantitative estimate of drug-likeness (QED) is 0.195. The van der Waals surface area contributed by atoms with Crippen LogP contribution in [0.2, 0.25) is 0 Å². The van der Waals surface area contributed by atoms with Crippen molar-refractivity contribution in [3.05, 3.63) is 89.5 Å². The van der Waals surface area contributed by atoms with Crippen molar-refractivity contribution < 1.29 is 14.6 Å². The third-order valence-corrected chi connectivity index (χ3v) is 7.17. The zero-order chi connectivity index (χ0) is 26.8. The van der Waals surface area contributed by atoms with Crippen molar-refractivity contribution in [2.75, 3.05) is 26.7 Å². The van der Waals surface area contributed by atoms with Crippen molar-refractivity contribution in [2.24, 2.45) is 5.92 Å². The van der Waals surface area contributed by atoms with Gasteiger partial charge < -0.3 is 19.5 Å². The molecule has 198 valence electrons. The number of ether oxygens (including phenoxy) is 2. The Balaban J connectivity index is 1.44. The predicted octanol–water partition coefficient (Wildman–Crippen LogP) is 7.85. The number of phenols is 1. The molecule has 0 spiro atoms. The van der Waals surface area contributed by atoms with Gasteiger partial charge in [-0.1, -0.05) is 50.2 Å². The molecule has 4 nitrogen and oxygen atoms in total. The Morgan fingerprint density at radius 1 is 0.842 bits per heavy atom. The van der Waals surface area contributed by atoms with Gasteiger partial charge in [0.1, 0.15) is 17.2 Å². The minimum atomic E-state index is 0.0719. The van der Waals surface area contributed by atoms with Gasteiger partial charge in [0, 0.05) is 19.0 Å². The maximum absolute atomic E-state index is 10.1. The van der Waals surface area contributed by atoms with Crippen LogP contribution in [-0.2, 0) is 0 Å². The molecular weight excluding hydrogens is 470 g/mol. The molecule has 0 amide bonds. The van der Waals surface area contributed by atoms with Crippen molar-refractivity contribution in [3.8, 4) is 28.4 Å². The standard InChI is InChI=1S/C34H39NO3/c1-22(2)21-35(5)17-6-18-37-27-11-7-24(8-12-27)33-32-20-28(38-23(3)4)13-16-30(32)31-14-9-25-19-26(36)10-15-29(25)34(31)33/h7-16,19-20,22-23,33,36H,6,17-18,21H2,1-5H3. The van der Waals surface area contributed by atoms with Crippen LogP contribution >= 0.6 is 0 Å². The van der Waals surface area contributed by atoms with E-state index in [-0.39, 0.29) is 17.8 Å². The van der Waals surface area contributed by atoms with E-state index in [1.807, 2.05) is 12.1 Å². The Morgan fingerprint density at radius 3 is 2.32 bits per heavy atom. The van der Waals surface area contributed by atoms with Crippen LogP contribution in [0.5, 0.6) is 17.2 Å². The highest BCUT2D eigenvalue weighted by molar-refractivity contribution is 5.98. The van der Waals surface area contributed by atoms with E-state index >= 15 is 0 Å². The number of hydrogen-bond acceptors (Lipinski definition) is 4. The topological polar surface area (TPSA) is 41.9 Å². The number of nitrogens with zero attached hydrogens (tertiary/aromatic N) is 1. The number of phenolic OH excluding ortho intramolecular Hbond substituents is 1. The summed E-state index contributed by atoms with van der Waals surface area (Å²) in [6, 6.07) is 25.0. The normalized spacial score (nSPS) is 14.4. The molecule has 0 fully saturated rings. The fraction of sp³-hybridized carbons (Fsp3) is 0.353. The minimum absolute atomic E-state index is 0.0719. The molecule has 1 aliphatic carbocycles. The van der Waals surface area contributed by atoms with Gasteiger partial charge in [-0.25, -0.2) is 0 Å². The van der Waals surface area contributed by atoms with E-state index in [9.17, 15) is 5.11 Å². The average Bonchev–Trinajstić information content (AvgIpc) is 3.20. The van der Waals surface area contributed by atoms with Gasteiger partial charge in [0.05, 0.1) is 12.7 Å². The predicted molar refractivity (Wildman–Crippen MR) is 157 cm³/mol. The Kier molecular flexibility index (Phi) is 7.62. The van der Waals surface area contributed by atoms with Crippen molar-refractivity contribution in [1.29, 1.82) is 0 Å². The summed E-state index contributed by atoms with van der Waals surface area (Å²) in [7, 11) is 2.18. The molecule has 0 heterocycles. The van der Waals surface area contributed by atoms with Gasteiger partial charge in [0.25, 0.3) is 0 Å². The highest BCUT2D eigenvalue weighted by atomic mass is 16.5. The lowest BCUT2D eigenvalue weighted by Gasteiger charge is -2.19. The molecule has 1 aliphatic rings. The van der Waals surface area contributed by atoms with Gasteiger partial charge >= 0.3 is 0 Å². The Labute approximate surface area is 226 Å². The molecule has 4 heteroatoms. The molecule has 0 aromatic heterocycles. The highest BCUT2D eigenvalue weighted by Crippen LogP contribution is 2.52. The van der Waals surface area contributed by atoms with Crippen molar-refractivity contribution in [2.45, 2.75) is 46.1 Å². The highest BCUT2D eigenvalue weighted by Gasteiger charge is 2.32. The maximum atomic E-state index is 10.1. The van der Waals surface area contributed by atoms with Gasteiger partial charge in [-0.2, -0.15) is 0 Å². The molecule has 1 atom stereocenters. The minimum Gasteiger partial charge on any atom is -0.508 e. The summed E-state index contributed by atoms with van der Waals surface area (Å²) in [6.45, 7) is 11.5. The lowest BCUT2D eigenvalue weighted by Crippen LogP contribution is -2.25. The first-order valence-corrected chi connectivity index (χ1v) is 13.8. The van der Waals surface area contributed by atoms with Crippen LogP contribution in [0.4, 0.5) is 0 Å². The van der Waals surface area contributed by atoms with E-state index in [1.165, 1.54) is 33.2 Å². The van der Waals surface area contributed by atoms with Gasteiger partial charge in [-0.3, -0.25) is 0 Å². The van der Waals surface area contributed by atoms with E-state index in [0.717, 1.165) is 36.4 Å². The van der Waals surface area contributed by atoms with Crippen molar-refractivity contribution in [1.82, 2.24) is 4.90 Å². The van der Waals surface area contributed by atoms with Crippen LogP contribution in [0, 0.1) is 5.92 Å². The number of rotatable bonds is 10. The van der Waals surface area contributed by atoms with Crippen LogP contribution in [0.3, 0.4) is 0 Å². The summed E-state index contributed by atoms with van der Waals surface area (Å²) in [6.07, 6.45) is 1.12. The summed E-state index contributed by atoms with van der Waals surface area (Å²) in [5.41, 5.74) is 6.23. The summed E-state index contributed by atoms with van der Waals surface area (Å²) in [4.78, 5) is 2.37. The first-order valence-electron chi connectivity index (χ1n) is 13.8. The summed E-state index contributed by atoms with van der Waals surface area (Å²) in [5.74, 6) is 2.83. The van der Waals surface area contributed by atoms with Crippen LogP contribution in [0.25, 0.3) is 21.9 Å². The lowest BCUT2D eigenvalue weighted by molar-refractivity contribution is 0.242. The fourth-order valence-corrected chi connectivity index (χ4v) is 5.75. The maximum Gasteiger partial charge on any atom is 0.120 e. The van der Waals surface area contributed by atoms with Crippen LogP contribution in [0.15, 0.2) is 72.8 Å². The Bertz CT molecular complexity index is 1410. The second-order valence-corrected chi connectivity index (χ2v) is 11.2. The monoisotopic (exact) mass is 509 g/mol. The molecule has 1 N–H and O–H groups in total. The fourth-order valence-electron chi connectivity index (χ4n) is 5.75. The smallest absolute Gasteiger partial charge is 0.120 e. The number of aromatic hydroxyl groups is 1. The van der Waals surface area contributed by atoms with E-state index in [1.54, 1.807) is 6.07 Å². The van der Waals surface area contributed by atoms with Crippen LogP contribution < -0.4 is 9.47 Å². The zero-order valence-electron chi connectivity index (χ0n) is 23.2. The van der Waals surface area contributed by atoms with Crippen LogP contribution in [0.1, 0.15) is 56.7 Å². The molecule has 0 saturated heterocycles. The van der Waals surface area contributed by atoms with E-state index < -0.39 is 0 Å². The molecule has 1 unspecified atom stereocenters. The van der Waals surface area contributed by atoms with Crippen LogP contribution in [-0.4, -0.2) is 42.9 Å². The molecule has 38 heavy (non-hydrogen) atoms. The van der Waals surface area contributed by atoms with Gasteiger partial charge in [-0.15, -0.1) is 0 Å². The van der Waals surface area contributed by atoms with Crippen molar-refractivity contribution in [3.63, 3.8) is 0 Å².